The van der Waals surface area contributed by atoms with Crippen LogP contribution in [0.25, 0.3) is 11.2 Å². The van der Waals surface area contributed by atoms with Gasteiger partial charge in [0, 0.05) is 0 Å². The van der Waals surface area contributed by atoms with Gasteiger partial charge >= 0.3 is 29.6 Å². The van der Waals surface area contributed by atoms with Crippen molar-refractivity contribution in [1.29, 1.82) is 0 Å². The van der Waals surface area contributed by atoms with Crippen LogP contribution in [0.1, 0.15) is 0 Å². The maximum atomic E-state index is 11.0. The first-order chi connectivity index (χ1) is 5.27. The molecule has 13 heavy (non-hydrogen) atoms. The zero-order valence-corrected chi connectivity index (χ0v) is 6.51. The second-order valence-electron chi connectivity index (χ2n) is 1.96. The van der Waals surface area contributed by atoms with E-state index in [1.54, 1.807) is 0 Å². The number of hydrogen-bond acceptors (Lipinski definition) is 3. The molecule has 0 radical (unpaired) electrons. The van der Waals surface area contributed by atoms with Crippen molar-refractivity contribution in [3.05, 3.63) is 22.0 Å². The fraction of sp³-hybridized carbons (Fsp3) is 0. The van der Waals surface area contributed by atoms with E-state index < -0.39 is 0 Å². The van der Waals surface area contributed by atoms with Gasteiger partial charge in [0.25, 0.3) is 5.56 Å². The first-order valence-electron chi connectivity index (χ1n) is 2.86. The summed E-state index contributed by atoms with van der Waals surface area (Å²) in [6.45, 7) is 0. The molecule has 0 spiro atoms. The molecule has 2 aromatic heterocycles. The van der Waals surface area contributed by atoms with Crippen molar-refractivity contribution in [2.75, 3.05) is 0 Å². The molecule has 2 rings (SSSR count). The van der Waals surface area contributed by atoms with Crippen LogP contribution in [-0.4, -0.2) is 55.0 Å². The molecule has 0 atom stereocenters. The van der Waals surface area contributed by atoms with Crippen molar-refractivity contribution in [2.24, 2.45) is 0 Å². The molecular weight excluding hydrogens is 207 g/mol. The second kappa shape index (κ2) is 4.73. The van der Waals surface area contributed by atoms with Gasteiger partial charge in [-0.2, -0.15) is 4.98 Å². The molecule has 0 saturated heterocycles. The molecule has 0 aliphatic heterocycles. The van der Waals surface area contributed by atoms with Crippen LogP contribution < -0.4 is 5.56 Å². The molecular formula is C5H6ClN4NaO2. The van der Waals surface area contributed by atoms with Gasteiger partial charge in [-0.15, -0.1) is 0 Å². The predicted molar refractivity (Wildman–Crippen MR) is 50.3 cm³/mol. The van der Waals surface area contributed by atoms with E-state index in [4.69, 9.17) is 11.6 Å². The minimum absolute atomic E-state index is 0. The van der Waals surface area contributed by atoms with E-state index in [1.807, 2.05) is 0 Å². The van der Waals surface area contributed by atoms with Gasteiger partial charge in [-0.25, -0.2) is 4.98 Å². The summed E-state index contributed by atoms with van der Waals surface area (Å²) < 4.78 is 0. The number of rotatable bonds is 0. The average molecular weight is 213 g/mol. The molecule has 0 aliphatic carbocycles. The summed E-state index contributed by atoms with van der Waals surface area (Å²) in [5.74, 6) is 0. The second-order valence-corrected chi connectivity index (χ2v) is 2.32. The van der Waals surface area contributed by atoms with Crippen LogP contribution in [0.4, 0.5) is 0 Å². The Labute approximate surface area is 99.3 Å². The normalized spacial score (nSPS) is 9.00. The molecule has 2 heterocycles. The Morgan fingerprint density at radius 1 is 1.46 bits per heavy atom. The number of H-pyrrole nitrogens is 2. The number of hydrogen-bond donors (Lipinski definition) is 2. The third-order valence-electron chi connectivity index (χ3n) is 1.27. The molecule has 0 amide bonds. The molecule has 66 valence electrons. The van der Waals surface area contributed by atoms with Crippen molar-refractivity contribution in [3.63, 3.8) is 0 Å². The van der Waals surface area contributed by atoms with Crippen LogP contribution in [0.5, 0.6) is 0 Å². The van der Waals surface area contributed by atoms with Gasteiger partial charge < -0.3 is 10.5 Å². The molecule has 0 unspecified atom stereocenters. The first kappa shape index (κ1) is 12.6. The topological polar surface area (TPSA) is 106 Å². The molecule has 6 nitrogen and oxygen atoms in total. The zero-order valence-electron chi connectivity index (χ0n) is 5.76. The van der Waals surface area contributed by atoms with Gasteiger partial charge in [0.15, 0.2) is 11.2 Å². The van der Waals surface area contributed by atoms with Crippen molar-refractivity contribution in [3.8, 4) is 0 Å². The standard InChI is InChI=1S/C5H3ClN4O.Na.H2O.H/c6-5-9-3-2(4(11)10-5)7-1-8-3;;;/h1H,(H2,7,8,9,10,11);;1H2;. The number of aromatic amines is 2. The van der Waals surface area contributed by atoms with Gasteiger partial charge in [-0.1, -0.05) is 0 Å². The molecule has 0 fully saturated rings. The molecule has 2 aromatic rings. The van der Waals surface area contributed by atoms with Crippen molar-refractivity contribution in [2.45, 2.75) is 0 Å². The Morgan fingerprint density at radius 2 is 2.15 bits per heavy atom. The van der Waals surface area contributed by atoms with Gasteiger partial charge in [0.2, 0.25) is 5.28 Å². The van der Waals surface area contributed by atoms with E-state index in [0.29, 0.717) is 11.2 Å². The number of aromatic nitrogens is 4. The number of fused-ring (bicyclic) bond motifs is 1. The summed E-state index contributed by atoms with van der Waals surface area (Å²) >= 11 is 5.46. The van der Waals surface area contributed by atoms with E-state index in [9.17, 15) is 4.79 Å². The molecule has 0 aromatic carbocycles. The fourth-order valence-corrected chi connectivity index (χ4v) is 0.982. The Balaban J connectivity index is 0.000000720. The van der Waals surface area contributed by atoms with E-state index in [2.05, 4.69) is 19.9 Å². The van der Waals surface area contributed by atoms with Gasteiger partial charge in [-0.3, -0.25) is 9.78 Å². The number of imidazole rings is 1. The van der Waals surface area contributed by atoms with Crippen LogP contribution in [0.2, 0.25) is 5.28 Å². The molecule has 0 bridgehead atoms. The molecule has 0 aliphatic rings. The van der Waals surface area contributed by atoms with Gasteiger partial charge in [0.1, 0.15) is 0 Å². The summed E-state index contributed by atoms with van der Waals surface area (Å²) in [6.07, 6.45) is 1.39. The summed E-state index contributed by atoms with van der Waals surface area (Å²) in [7, 11) is 0. The van der Waals surface area contributed by atoms with Crippen LogP contribution in [-0.2, 0) is 0 Å². The van der Waals surface area contributed by atoms with E-state index >= 15 is 0 Å². The van der Waals surface area contributed by atoms with Crippen LogP contribution in [0, 0.1) is 0 Å². The summed E-state index contributed by atoms with van der Waals surface area (Å²) in [5.41, 5.74) is 0.366. The Bertz CT molecular complexity index is 453. The third kappa shape index (κ3) is 2.29. The van der Waals surface area contributed by atoms with Gasteiger partial charge in [-0.05, 0) is 11.6 Å². The maximum absolute atomic E-state index is 11.0. The third-order valence-corrected chi connectivity index (χ3v) is 1.45. The van der Waals surface area contributed by atoms with E-state index in [1.165, 1.54) is 6.33 Å². The quantitative estimate of drug-likeness (QED) is 0.424. The van der Waals surface area contributed by atoms with Crippen molar-refractivity contribution >= 4 is 52.3 Å². The molecule has 4 N–H and O–H groups in total. The summed E-state index contributed by atoms with van der Waals surface area (Å²) in [4.78, 5) is 23.5. The number of nitrogens with one attached hydrogen (secondary N) is 2. The van der Waals surface area contributed by atoms with E-state index in [-0.39, 0.29) is 45.9 Å². The summed E-state index contributed by atoms with van der Waals surface area (Å²) in [5, 5.41) is 0.0506. The minimum atomic E-state index is -0.308. The first-order valence-corrected chi connectivity index (χ1v) is 3.24. The van der Waals surface area contributed by atoms with Crippen LogP contribution in [0.3, 0.4) is 0 Å². The summed E-state index contributed by atoms with van der Waals surface area (Å²) in [6, 6.07) is 0. The monoisotopic (exact) mass is 212 g/mol. The van der Waals surface area contributed by atoms with E-state index in [0.717, 1.165) is 0 Å². The van der Waals surface area contributed by atoms with Crippen LogP contribution in [0.15, 0.2) is 11.1 Å². The van der Waals surface area contributed by atoms with Gasteiger partial charge in [0.05, 0.1) is 6.33 Å². The Morgan fingerprint density at radius 3 is 2.85 bits per heavy atom. The number of halogens is 1. The Kier molecular flexibility index (Phi) is 4.58. The van der Waals surface area contributed by atoms with Crippen molar-refractivity contribution in [1.82, 2.24) is 19.9 Å². The predicted octanol–water partition coefficient (Wildman–Crippen LogP) is -1.17. The molecule has 0 saturated carbocycles. The fourth-order valence-electron chi connectivity index (χ4n) is 0.816. The Hall–Kier alpha value is -0.400. The molecule has 8 heteroatoms. The average Bonchev–Trinajstić information content (AvgIpc) is 2.34. The SMILES string of the molecule is O.O=c1[nH]c(Cl)nc2nc[nH]c12.[NaH]. The number of nitrogens with zero attached hydrogens (tertiary/aromatic N) is 2. The zero-order chi connectivity index (χ0) is 7.84. The van der Waals surface area contributed by atoms with Crippen molar-refractivity contribution < 1.29 is 5.48 Å². The van der Waals surface area contributed by atoms with Crippen LogP contribution >= 0.6 is 11.6 Å².